The van der Waals surface area contributed by atoms with Crippen molar-refractivity contribution in [2.24, 2.45) is 64.6 Å². The number of carbonyl (C=O) groups is 2. The lowest BCUT2D eigenvalue weighted by Crippen LogP contribution is -2.62. The van der Waals surface area contributed by atoms with Crippen molar-refractivity contribution in [2.45, 2.75) is 154 Å². The SMILES string of the molecule is COC1C(CN2O[C@@H](CO)[C@H]([C@H](C)O)[C@H]2C(=O)N[C@H]2C[C@H]3C[C@@H]([C@@H]2C)C3(C)C)CCCC1C1CC(CO)CC(C(=O)N[C@@H](CC2CCCCC2)CN(C)C)C1. The van der Waals surface area contributed by atoms with Crippen molar-refractivity contribution in [2.75, 3.05) is 47.5 Å². The molecule has 6 aliphatic carbocycles. The molecule has 6 unspecified atom stereocenters. The molecule has 11 heteroatoms. The molecule has 0 aromatic rings. The first-order valence-corrected chi connectivity index (χ1v) is 22.4. The summed E-state index contributed by atoms with van der Waals surface area (Å²) in [6.07, 6.45) is 13.3. The van der Waals surface area contributed by atoms with E-state index in [2.05, 4.69) is 50.4 Å². The van der Waals surface area contributed by atoms with Crippen LogP contribution in [0.5, 0.6) is 0 Å². The fraction of sp³-hybridized carbons (Fsp3) is 0.955. The Morgan fingerprint density at radius 2 is 1.69 bits per heavy atom. The molecule has 7 rings (SSSR count). The Balaban J connectivity index is 1.14. The Bertz CT molecular complexity index is 1260. The summed E-state index contributed by atoms with van der Waals surface area (Å²) in [5, 5.41) is 40.6. The summed E-state index contributed by atoms with van der Waals surface area (Å²) in [6.45, 7) is 9.78. The monoisotopic (exact) mass is 775 g/mol. The van der Waals surface area contributed by atoms with Crippen LogP contribution in [0.15, 0.2) is 0 Å². The normalized spacial score (nSPS) is 40.7. The van der Waals surface area contributed by atoms with E-state index >= 15 is 0 Å². The number of nitrogens with zero attached hydrogens (tertiary/aromatic N) is 2. The summed E-state index contributed by atoms with van der Waals surface area (Å²) in [6, 6.07) is -0.512. The van der Waals surface area contributed by atoms with Gasteiger partial charge in [-0.1, -0.05) is 59.3 Å². The minimum absolute atomic E-state index is 0.0648. The number of likely N-dealkylation sites (N-methyl/N-ethyl adjacent to an activating group) is 1. The van der Waals surface area contributed by atoms with E-state index in [-0.39, 0.29) is 72.8 Å². The Labute approximate surface area is 332 Å². The number of carbonyl (C=O) groups excluding carboxylic acids is 2. The molecule has 1 saturated heterocycles. The van der Waals surface area contributed by atoms with E-state index < -0.39 is 24.2 Å². The predicted molar refractivity (Wildman–Crippen MR) is 213 cm³/mol. The highest BCUT2D eigenvalue weighted by Crippen LogP contribution is 2.61. The van der Waals surface area contributed by atoms with Gasteiger partial charge in [0.2, 0.25) is 11.8 Å². The van der Waals surface area contributed by atoms with Crippen molar-refractivity contribution in [1.29, 1.82) is 0 Å². The first-order valence-electron chi connectivity index (χ1n) is 22.4. The largest absolute Gasteiger partial charge is 0.396 e. The third-order valence-electron chi connectivity index (χ3n) is 16.1. The van der Waals surface area contributed by atoms with E-state index in [4.69, 9.17) is 9.57 Å². The van der Waals surface area contributed by atoms with E-state index in [1.165, 1.54) is 38.5 Å². The summed E-state index contributed by atoms with van der Waals surface area (Å²) in [4.78, 5) is 37.0. The van der Waals surface area contributed by atoms with Gasteiger partial charge in [-0.25, -0.2) is 0 Å². The Morgan fingerprint density at radius 1 is 0.945 bits per heavy atom. The maximum absolute atomic E-state index is 14.3. The van der Waals surface area contributed by atoms with Gasteiger partial charge in [-0.15, -0.1) is 0 Å². The Morgan fingerprint density at radius 3 is 2.31 bits per heavy atom. The number of ether oxygens (including phenoxy) is 1. The third kappa shape index (κ3) is 9.60. The van der Waals surface area contributed by atoms with Crippen molar-refractivity contribution in [3.8, 4) is 0 Å². The Kier molecular flexibility index (Phi) is 14.7. The molecule has 1 aliphatic heterocycles. The fourth-order valence-corrected chi connectivity index (χ4v) is 13.1. The quantitative estimate of drug-likeness (QED) is 0.161. The second-order valence-electron chi connectivity index (χ2n) is 20.2. The number of aliphatic hydroxyl groups excluding tert-OH is 3. The molecular formula is C44H78N4O7. The van der Waals surface area contributed by atoms with Gasteiger partial charge in [-0.05, 0) is 119 Å². The summed E-state index contributed by atoms with van der Waals surface area (Å²) >= 11 is 0. The van der Waals surface area contributed by atoms with E-state index in [1.807, 2.05) is 0 Å². The zero-order chi connectivity index (χ0) is 39.6. The lowest BCUT2D eigenvalue weighted by atomic mass is 9.45. The average molecular weight is 775 g/mol. The molecule has 7 aliphatic rings. The zero-order valence-electron chi connectivity index (χ0n) is 35.3. The highest BCUT2D eigenvalue weighted by Gasteiger charge is 2.58. The number of amides is 2. The number of hydrogen-bond acceptors (Lipinski definition) is 9. The summed E-state index contributed by atoms with van der Waals surface area (Å²) in [7, 11) is 5.95. The molecular weight excluding hydrogens is 697 g/mol. The lowest BCUT2D eigenvalue weighted by molar-refractivity contribution is -0.193. The molecule has 6 saturated carbocycles. The molecule has 11 nitrogen and oxygen atoms in total. The fourth-order valence-electron chi connectivity index (χ4n) is 13.1. The van der Waals surface area contributed by atoms with Crippen molar-refractivity contribution in [3.63, 3.8) is 0 Å². The van der Waals surface area contributed by atoms with Crippen LogP contribution in [0.25, 0.3) is 0 Å². The molecule has 0 radical (unpaired) electrons. The number of rotatable bonds is 15. The molecule has 2 amide bonds. The summed E-state index contributed by atoms with van der Waals surface area (Å²) < 4.78 is 6.38. The molecule has 5 N–H and O–H groups in total. The van der Waals surface area contributed by atoms with Gasteiger partial charge in [-0.3, -0.25) is 14.4 Å². The number of nitrogens with one attached hydrogen (secondary N) is 2. The van der Waals surface area contributed by atoms with Crippen LogP contribution in [-0.2, 0) is 19.2 Å². The molecule has 55 heavy (non-hydrogen) atoms. The predicted octanol–water partition coefficient (Wildman–Crippen LogP) is 4.62. The maximum Gasteiger partial charge on any atom is 0.240 e. The highest BCUT2D eigenvalue weighted by atomic mass is 16.7. The molecule has 0 spiro atoms. The Hall–Kier alpha value is -1.34. The van der Waals surface area contributed by atoms with Crippen LogP contribution < -0.4 is 10.6 Å². The minimum Gasteiger partial charge on any atom is -0.396 e. The summed E-state index contributed by atoms with van der Waals surface area (Å²) in [5.41, 5.74) is 0.308. The van der Waals surface area contributed by atoms with Crippen LogP contribution in [-0.4, -0.2) is 121 Å². The minimum atomic E-state index is -0.841. The second-order valence-corrected chi connectivity index (χ2v) is 20.2. The van der Waals surface area contributed by atoms with Gasteiger partial charge in [-0.2, -0.15) is 5.06 Å². The van der Waals surface area contributed by atoms with Crippen LogP contribution >= 0.6 is 0 Å². The van der Waals surface area contributed by atoms with Gasteiger partial charge in [0, 0.05) is 56.6 Å². The van der Waals surface area contributed by atoms with Crippen LogP contribution in [0.1, 0.15) is 118 Å². The molecule has 316 valence electrons. The number of methoxy groups -OCH3 is 1. The third-order valence-corrected chi connectivity index (χ3v) is 16.1. The van der Waals surface area contributed by atoms with Gasteiger partial charge < -0.3 is 35.6 Å². The first-order chi connectivity index (χ1) is 26.2. The van der Waals surface area contributed by atoms with Crippen molar-refractivity contribution < 1.29 is 34.5 Å². The van der Waals surface area contributed by atoms with E-state index in [1.54, 1.807) is 19.1 Å². The van der Waals surface area contributed by atoms with Gasteiger partial charge in [0.1, 0.15) is 12.1 Å². The molecule has 1 heterocycles. The average Bonchev–Trinajstić information content (AvgIpc) is 3.53. The van der Waals surface area contributed by atoms with Crippen molar-refractivity contribution >= 4 is 11.8 Å². The van der Waals surface area contributed by atoms with Gasteiger partial charge in [0.15, 0.2) is 0 Å². The maximum atomic E-state index is 14.3. The molecule has 15 atom stereocenters. The molecule has 0 aromatic carbocycles. The number of hydrogen-bond donors (Lipinski definition) is 5. The van der Waals surface area contributed by atoms with Crippen molar-refractivity contribution in [1.82, 2.24) is 20.6 Å². The standard InChI is InChI=1S/C44H78N4O7/c1-26-36-20-33(44(36,3)4)21-37(26)46-43(53)40-39(27(2)51)38(25-50)55-48(40)22-30-14-11-15-35(41(30)54-7)31-16-29(24-49)17-32(19-31)42(52)45-34(23-47(5)6)18-28-12-9-8-10-13-28/h26-41,49-51H,8-25H2,1-7H3,(H,45,52)(H,46,53)/t26-,27-,29?,30?,31?,32?,33+,34-,35?,36-,37-,38-,39-,40-,41?/m0/s1. The van der Waals surface area contributed by atoms with Crippen LogP contribution in [0.4, 0.5) is 0 Å². The molecule has 0 aromatic heterocycles. The van der Waals surface area contributed by atoms with E-state index in [0.717, 1.165) is 51.5 Å². The second kappa shape index (κ2) is 18.7. The number of fused-ring (bicyclic) bond motifs is 2. The number of aliphatic hydroxyl groups is 3. The molecule has 7 fully saturated rings. The van der Waals surface area contributed by atoms with Gasteiger partial charge in [0.05, 0.1) is 18.8 Å². The topological polar surface area (TPSA) is 144 Å². The van der Waals surface area contributed by atoms with E-state index in [9.17, 15) is 24.9 Å². The highest BCUT2D eigenvalue weighted by molar-refractivity contribution is 5.83. The number of hydroxylamine groups is 2. The van der Waals surface area contributed by atoms with Crippen molar-refractivity contribution in [3.05, 3.63) is 0 Å². The van der Waals surface area contributed by atoms with Crippen LogP contribution in [0.3, 0.4) is 0 Å². The van der Waals surface area contributed by atoms with Gasteiger partial charge in [0.25, 0.3) is 0 Å². The van der Waals surface area contributed by atoms with Crippen LogP contribution in [0.2, 0.25) is 0 Å². The lowest BCUT2D eigenvalue weighted by Gasteiger charge is -2.62. The smallest absolute Gasteiger partial charge is 0.240 e. The molecule has 2 bridgehead atoms. The summed E-state index contributed by atoms with van der Waals surface area (Å²) in [5.74, 6) is 2.13. The first kappa shape index (κ1) is 43.2. The van der Waals surface area contributed by atoms with Gasteiger partial charge >= 0.3 is 0 Å². The van der Waals surface area contributed by atoms with Crippen LogP contribution in [0, 0.1) is 64.6 Å². The zero-order valence-corrected chi connectivity index (χ0v) is 35.3. The van der Waals surface area contributed by atoms with E-state index in [0.29, 0.717) is 42.1 Å².